The first kappa shape index (κ1) is 25.1. The molecule has 3 aromatic rings. The maximum atomic E-state index is 13.3. The standard InChI is InChI=1S/C27H27Cl2N3O3S/c1-15-21(13-32(3)17-7-8-17)16(2)30-26(15)12-20-19-11-18(9-10-25(19)31-27(20)33)36(34,35)14-22-23(28)5-4-6-24(22)29/h4-6,9-12,17,30H,7-8,13-14H2,1-3H3,(H,31,33). The number of carbonyl (C=O) groups is 1. The van der Waals surface area contributed by atoms with E-state index in [1.54, 1.807) is 30.3 Å². The van der Waals surface area contributed by atoms with Gasteiger partial charge in [0.25, 0.3) is 5.91 Å². The highest BCUT2D eigenvalue weighted by atomic mass is 35.5. The normalized spacial score (nSPS) is 16.6. The van der Waals surface area contributed by atoms with E-state index in [1.807, 2.05) is 19.9 Å². The molecule has 2 aliphatic rings. The van der Waals surface area contributed by atoms with Gasteiger partial charge in [0, 0.05) is 50.8 Å². The Morgan fingerprint density at radius 2 is 1.78 bits per heavy atom. The summed E-state index contributed by atoms with van der Waals surface area (Å²) < 4.78 is 26.5. The van der Waals surface area contributed by atoms with Crippen LogP contribution in [0, 0.1) is 13.8 Å². The molecule has 36 heavy (non-hydrogen) atoms. The van der Waals surface area contributed by atoms with E-state index in [0.29, 0.717) is 38.5 Å². The van der Waals surface area contributed by atoms with E-state index < -0.39 is 9.84 Å². The predicted octanol–water partition coefficient (Wildman–Crippen LogP) is 6.00. The molecule has 2 heterocycles. The lowest BCUT2D eigenvalue weighted by Gasteiger charge is -2.16. The fraction of sp³-hybridized carbons (Fsp3) is 0.296. The number of hydrogen-bond acceptors (Lipinski definition) is 4. The number of halogens is 2. The van der Waals surface area contributed by atoms with Crippen LogP contribution in [-0.4, -0.2) is 37.3 Å². The minimum Gasteiger partial charge on any atom is -0.359 e. The van der Waals surface area contributed by atoms with Crippen molar-refractivity contribution in [2.45, 2.75) is 49.9 Å². The van der Waals surface area contributed by atoms with Gasteiger partial charge in [0.15, 0.2) is 9.84 Å². The van der Waals surface area contributed by atoms with Crippen LogP contribution in [0.3, 0.4) is 0 Å². The molecular formula is C27H27Cl2N3O3S. The van der Waals surface area contributed by atoms with Gasteiger partial charge in [-0.2, -0.15) is 0 Å². The van der Waals surface area contributed by atoms with E-state index in [-0.39, 0.29) is 16.6 Å². The SMILES string of the molecule is Cc1[nH]c(C=C2C(=O)Nc3ccc(S(=O)(=O)Cc4c(Cl)cccc4Cl)cc32)c(C)c1CN(C)C1CC1. The smallest absolute Gasteiger partial charge is 0.256 e. The number of nitrogens with one attached hydrogen (secondary N) is 2. The lowest BCUT2D eigenvalue weighted by molar-refractivity contribution is -0.110. The second kappa shape index (κ2) is 9.38. The Labute approximate surface area is 221 Å². The Hall–Kier alpha value is -2.58. The van der Waals surface area contributed by atoms with Gasteiger partial charge < -0.3 is 10.3 Å². The zero-order valence-electron chi connectivity index (χ0n) is 20.3. The van der Waals surface area contributed by atoms with Gasteiger partial charge in [0.2, 0.25) is 0 Å². The summed E-state index contributed by atoms with van der Waals surface area (Å²) >= 11 is 12.4. The molecule has 1 aliphatic heterocycles. The van der Waals surface area contributed by atoms with Gasteiger partial charge in [-0.25, -0.2) is 8.42 Å². The van der Waals surface area contributed by atoms with Crippen LogP contribution in [0.2, 0.25) is 10.0 Å². The Kier molecular flexibility index (Phi) is 6.53. The number of nitrogens with zero attached hydrogens (tertiary/aromatic N) is 1. The Balaban J connectivity index is 1.49. The number of H-pyrrole nitrogens is 1. The summed E-state index contributed by atoms with van der Waals surface area (Å²) in [5.74, 6) is -0.602. The zero-order chi connectivity index (χ0) is 25.8. The maximum Gasteiger partial charge on any atom is 0.256 e. The molecular weight excluding hydrogens is 517 g/mol. The number of aryl methyl sites for hydroxylation is 1. The molecule has 9 heteroatoms. The van der Waals surface area contributed by atoms with Gasteiger partial charge >= 0.3 is 0 Å². The lowest BCUT2D eigenvalue weighted by atomic mass is 10.0. The highest BCUT2D eigenvalue weighted by molar-refractivity contribution is 7.90. The number of aromatic amines is 1. The van der Waals surface area contributed by atoms with Crippen molar-refractivity contribution in [2.75, 3.05) is 12.4 Å². The van der Waals surface area contributed by atoms with Gasteiger partial charge in [-0.15, -0.1) is 0 Å². The molecule has 0 bridgehead atoms. The summed E-state index contributed by atoms with van der Waals surface area (Å²) in [6.07, 6.45) is 4.28. The molecule has 1 aliphatic carbocycles. The fourth-order valence-electron chi connectivity index (χ4n) is 4.68. The summed E-state index contributed by atoms with van der Waals surface area (Å²) in [5, 5.41) is 3.44. The molecule has 2 N–H and O–H groups in total. The summed E-state index contributed by atoms with van der Waals surface area (Å²) in [6.45, 7) is 4.93. The van der Waals surface area contributed by atoms with Crippen LogP contribution in [0.25, 0.3) is 11.6 Å². The zero-order valence-corrected chi connectivity index (χ0v) is 22.6. The first-order valence-corrected chi connectivity index (χ1v) is 14.2. The Bertz CT molecular complexity index is 1500. The summed E-state index contributed by atoms with van der Waals surface area (Å²) in [4.78, 5) is 18.7. The molecule has 1 saturated carbocycles. The third kappa shape index (κ3) is 4.73. The quantitative estimate of drug-likeness (QED) is 0.358. The molecule has 0 spiro atoms. The molecule has 0 saturated heterocycles. The molecule has 188 valence electrons. The van der Waals surface area contributed by atoms with Crippen molar-refractivity contribution in [3.05, 3.63) is 80.1 Å². The number of amides is 1. The van der Waals surface area contributed by atoms with Crippen molar-refractivity contribution in [3.63, 3.8) is 0 Å². The average Bonchev–Trinajstić information content (AvgIpc) is 3.58. The summed E-state index contributed by atoms with van der Waals surface area (Å²) in [7, 11) is -1.63. The lowest BCUT2D eigenvalue weighted by Crippen LogP contribution is -2.20. The second-order valence-corrected chi connectivity index (χ2v) is 12.4. The number of aromatic nitrogens is 1. The van der Waals surface area contributed by atoms with Crippen LogP contribution >= 0.6 is 23.2 Å². The highest BCUT2D eigenvalue weighted by Crippen LogP contribution is 2.37. The van der Waals surface area contributed by atoms with Crippen molar-refractivity contribution in [1.82, 2.24) is 9.88 Å². The minimum atomic E-state index is -3.77. The van der Waals surface area contributed by atoms with Gasteiger partial charge in [-0.05, 0) is 81.3 Å². The van der Waals surface area contributed by atoms with E-state index in [4.69, 9.17) is 23.2 Å². The van der Waals surface area contributed by atoms with E-state index in [9.17, 15) is 13.2 Å². The number of sulfone groups is 1. The third-order valence-corrected chi connectivity index (χ3v) is 9.38. The van der Waals surface area contributed by atoms with Crippen LogP contribution in [0.5, 0.6) is 0 Å². The number of hydrogen-bond donors (Lipinski definition) is 2. The first-order valence-electron chi connectivity index (χ1n) is 11.8. The van der Waals surface area contributed by atoms with Crippen molar-refractivity contribution < 1.29 is 13.2 Å². The van der Waals surface area contributed by atoms with Crippen LogP contribution in [0.4, 0.5) is 5.69 Å². The molecule has 5 rings (SSSR count). The third-order valence-electron chi connectivity index (χ3n) is 7.03. The van der Waals surface area contributed by atoms with Gasteiger partial charge in [0.05, 0.1) is 16.2 Å². The highest BCUT2D eigenvalue weighted by Gasteiger charge is 2.29. The number of carbonyl (C=O) groups excluding carboxylic acids is 1. The average molecular weight is 545 g/mol. The van der Waals surface area contributed by atoms with Crippen molar-refractivity contribution >= 4 is 56.3 Å². The van der Waals surface area contributed by atoms with Crippen molar-refractivity contribution in [3.8, 4) is 0 Å². The summed E-state index contributed by atoms with van der Waals surface area (Å²) in [5.41, 5.74) is 6.13. The van der Waals surface area contributed by atoms with E-state index >= 15 is 0 Å². The van der Waals surface area contributed by atoms with Crippen LogP contribution in [0.15, 0.2) is 41.3 Å². The van der Waals surface area contributed by atoms with E-state index in [1.165, 1.54) is 24.5 Å². The first-order chi connectivity index (χ1) is 17.0. The molecule has 1 aromatic heterocycles. The van der Waals surface area contributed by atoms with Gasteiger partial charge in [-0.3, -0.25) is 9.69 Å². The van der Waals surface area contributed by atoms with Crippen molar-refractivity contribution in [2.24, 2.45) is 0 Å². The van der Waals surface area contributed by atoms with Gasteiger partial charge in [0.1, 0.15) is 0 Å². The van der Waals surface area contributed by atoms with Crippen LogP contribution in [0.1, 0.15) is 46.5 Å². The minimum absolute atomic E-state index is 0.103. The second-order valence-electron chi connectivity index (χ2n) is 9.59. The Morgan fingerprint density at radius 3 is 2.44 bits per heavy atom. The fourth-order valence-corrected chi connectivity index (χ4v) is 6.80. The van der Waals surface area contributed by atoms with E-state index in [0.717, 1.165) is 23.5 Å². The van der Waals surface area contributed by atoms with E-state index in [2.05, 4.69) is 22.2 Å². The molecule has 6 nitrogen and oxygen atoms in total. The number of benzene rings is 2. The Morgan fingerprint density at radius 1 is 1.08 bits per heavy atom. The molecule has 0 unspecified atom stereocenters. The topological polar surface area (TPSA) is 82.3 Å². The molecule has 0 atom stereocenters. The molecule has 2 aromatic carbocycles. The summed E-state index contributed by atoms with van der Waals surface area (Å²) in [6, 6.07) is 10.2. The van der Waals surface area contributed by atoms with Crippen LogP contribution < -0.4 is 5.32 Å². The monoisotopic (exact) mass is 543 g/mol. The predicted molar refractivity (Wildman–Crippen MR) is 145 cm³/mol. The molecule has 1 fully saturated rings. The number of anilines is 1. The molecule has 0 radical (unpaired) electrons. The van der Waals surface area contributed by atoms with Crippen molar-refractivity contribution in [1.29, 1.82) is 0 Å². The van der Waals surface area contributed by atoms with Gasteiger partial charge in [-0.1, -0.05) is 29.3 Å². The largest absolute Gasteiger partial charge is 0.359 e. The molecule has 1 amide bonds. The van der Waals surface area contributed by atoms with Crippen LogP contribution in [-0.2, 0) is 26.9 Å². The number of rotatable bonds is 7. The maximum absolute atomic E-state index is 13.3. The number of fused-ring (bicyclic) bond motifs is 1.